The number of halogens is 3. The number of hydrogen-bond acceptors (Lipinski definition) is 8. The van der Waals surface area contributed by atoms with E-state index in [0.717, 1.165) is 24.6 Å². The molecule has 1 aromatic carbocycles. The summed E-state index contributed by atoms with van der Waals surface area (Å²) in [7, 11) is -3.17. The SMILES string of the molecule is COc1ncc(Cl)cc1S(=O)(=O)Nc1ccc(F)c(-c2ccc3c(-c4cnn(C5CCO5)n4)ncn3c2)c1F. The van der Waals surface area contributed by atoms with Gasteiger partial charge in [0.2, 0.25) is 5.88 Å². The summed E-state index contributed by atoms with van der Waals surface area (Å²) in [4.78, 5) is 9.28. The highest BCUT2D eigenvalue weighted by Crippen LogP contribution is 2.34. The molecule has 0 radical (unpaired) electrons. The fourth-order valence-corrected chi connectivity index (χ4v) is 5.55. The highest BCUT2D eigenvalue weighted by molar-refractivity contribution is 7.92. The van der Waals surface area contributed by atoms with Crippen LogP contribution in [-0.2, 0) is 14.8 Å². The molecule has 0 spiro atoms. The van der Waals surface area contributed by atoms with Gasteiger partial charge in [-0.15, -0.1) is 5.10 Å². The number of nitrogens with one attached hydrogen (secondary N) is 1. The van der Waals surface area contributed by atoms with E-state index in [0.29, 0.717) is 23.5 Å². The van der Waals surface area contributed by atoms with Crippen LogP contribution in [0, 0.1) is 11.6 Å². The summed E-state index contributed by atoms with van der Waals surface area (Å²) in [6.07, 6.45) is 6.35. The summed E-state index contributed by atoms with van der Waals surface area (Å²) < 4.78 is 70.7. The maximum atomic E-state index is 15.6. The van der Waals surface area contributed by atoms with Crippen molar-refractivity contribution < 1.29 is 26.7 Å². The zero-order chi connectivity index (χ0) is 27.3. The van der Waals surface area contributed by atoms with Crippen molar-refractivity contribution in [2.45, 2.75) is 17.5 Å². The predicted octanol–water partition coefficient (Wildman–Crippen LogP) is 4.31. The summed E-state index contributed by atoms with van der Waals surface area (Å²) in [6, 6.07) is 6.20. The molecule has 1 saturated heterocycles. The zero-order valence-corrected chi connectivity index (χ0v) is 21.6. The number of aromatic nitrogens is 6. The molecule has 5 heterocycles. The lowest BCUT2D eigenvalue weighted by Gasteiger charge is -2.24. The monoisotopic (exact) mass is 573 g/mol. The maximum Gasteiger partial charge on any atom is 0.267 e. The number of benzene rings is 1. The topological polar surface area (TPSA) is 126 Å². The smallest absolute Gasteiger partial charge is 0.267 e. The van der Waals surface area contributed by atoms with Crippen LogP contribution in [0.1, 0.15) is 12.6 Å². The molecule has 1 unspecified atom stereocenters. The van der Waals surface area contributed by atoms with E-state index in [1.807, 2.05) is 0 Å². The molecule has 200 valence electrons. The summed E-state index contributed by atoms with van der Waals surface area (Å²) >= 11 is 5.90. The van der Waals surface area contributed by atoms with E-state index in [1.165, 1.54) is 36.7 Å². The number of sulfonamides is 1. The van der Waals surface area contributed by atoms with E-state index in [4.69, 9.17) is 21.1 Å². The van der Waals surface area contributed by atoms with Crippen LogP contribution in [0.2, 0.25) is 5.02 Å². The van der Waals surface area contributed by atoms with Gasteiger partial charge < -0.3 is 13.9 Å². The first-order valence-electron chi connectivity index (χ1n) is 11.5. The van der Waals surface area contributed by atoms with Crippen molar-refractivity contribution in [2.75, 3.05) is 18.4 Å². The molecule has 0 bridgehead atoms. The lowest BCUT2D eigenvalue weighted by Crippen LogP contribution is -2.26. The van der Waals surface area contributed by atoms with E-state index in [-0.39, 0.29) is 22.7 Å². The molecule has 1 N–H and O–H groups in total. The van der Waals surface area contributed by atoms with Crippen molar-refractivity contribution in [2.24, 2.45) is 0 Å². The normalized spacial score (nSPS) is 15.3. The number of ether oxygens (including phenoxy) is 2. The minimum atomic E-state index is -4.40. The molecule has 15 heteroatoms. The number of rotatable bonds is 7. The fraction of sp³-hybridized carbons (Fsp3) is 0.167. The van der Waals surface area contributed by atoms with E-state index < -0.39 is 37.8 Å². The Bertz CT molecular complexity index is 1840. The van der Waals surface area contributed by atoms with Gasteiger partial charge in [-0.3, -0.25) is 4.72 Å². The summed E-state index contributed by atoms with van der Waals surface area (Å²) in [5.41, 5.74) is 0.903. The van der Waals surface area contributed by atoms with Crippen molar-refractivity contribution in [3.8, 4) is 28.4 Å². The Balaban J connectivity index is 1.35. The molecule has 0 aliphatic carbocycles. The number of imidazole rings is 1. The quantitative estimate of drug-likeness (QED) is 0.305. The lowest BCUT2D eigenvalue weighted by atomic mass is 10.0. The van der Waals surface area contributed by atoms with E-state index in [2.05, 4.69) is 24.9 Å². The first-order valence-corrected chi connectivity index (χ1v) is 13.3. The summed E-state index contributed by atoms with van der Waals surface area (Å²) in [5.74, 6) is -2.24. The van der Waals surface area contributed by atoms with Crippen LogP contribution >= 0.6 is 11.6 Å². The fourth-order valence-electron chi connectivity index (χ4n) is 4.12. The molecule has 1 aliphatic heterocycles. The van der Waals surface area contributed by atoms with Crippen molar-refractivity contribution in [3.63, 3.8) is 0 Å². The molecular formula is C24H18ClF2N7O4S. The second kappa shape index (κ2) is 9.55. The van der Waals surface area contributed by atoms with Crippen LogP contribution in [0.15, 0.2) is 60.1 Å². The Hall–Kier alpha value is -4.14. The first-order chi connectivity index (χ1) is 18.7. The van der Waals surface area contributed by atoms with Crippen molar-refractivity contribution >= 4 is 32.8 Å². The Kier molecular flexibility index (Phi) is 6.16. The highest BCUT2D eigenvalue weighted by Gasteiger charge is 2.26. The van der Waals surface area contributed by atoms with E-state index >= 15 is 4.39 Å². The first kappa shape index (κ1) is 25.2. The van der Waals surface area contributed by atoms with Gasteiger partial charge in [0.25, 0.3) is 10.0 Å². The molecule has 0 amide bonds. The third-order valence-corrected chi connectivity index (χ3v) is 7.67. The van der Waals surface area contributed by atoms with Gasteiger partial charge in [-0.1, -0.05) is 17.7 Å². The molecule has 1 aliphatic rings. The van der Waals surface area contributed by atoms with Gasteiger partial charge in [0.05, 0.1) is 41.7 Å². The molecule has 11 nitrogen and oxygen atoms in total. The maximum absolute atomic E-state index is 15.6. The van der Waals surface area contributed by atoms with Crippen LogP contribution < -0.4 is 9.46 Å². The lowest BCUT2D eigenvalue weighted by molar-refractivity contribution is -0.114. The van der Waals surface area contributed by atoms with Crippen LogP contribution in [0.5, 0.6) is 5.88 Å². The van der Waals surface area contributed by atoms with Crippen LogP contribution in [0.25, 0.3) is 28.0 Å². The van der Waals surface area contributed by atoms with Gasteiger partial charge in [-0.25, -0.2) is 27.2 Å². The van der Waals surface area contributed by atoms with Crippen LogP contribution in [-0.4, -0.2) is 51.5 Å². The number of hydrogen-bond donors (Lipinski definition) is 1. The van der Waals surface area contributed by atoms with E-state index in [1.54, 1.807) is 16.7 Å². The molecule has 1 fully saturated rings. The van der Waals surface area contributed by atoms with Crippen molar-refractivity contribution in [1.29, 1.82) is 0 Å². The third-order valence-electron chi connectivity index (χ3n) is 6.11. The Morgan fingerprint density at radius 2 is 2.00 bits per heavy atom. The van der Waals surface area contributed by atoms with Crippen LogP contribution in [0.3, 0.4) is 0 Å². The average Bonchev–Trinajstić information content (AvgIpc) is 3.52. The number of pyridine rings is 2. The van der Waals surface area contributed by atoms with E-state index in [9.17, 15) is 12.8 Å². The van der Waals surface area contributed by atoms with Gasteiger partial charge >= 0.3 is 0 Å². The Morgan fingerprint density at radius 1 is 1.18 bits per heavy atom. The number of fused-ring (bicyclic) bond motifs is 1. The number of nitrogens with zero attached hydrogens (tertiary/aromatic N) is 6. The van der Waals surface area contributed by atoms with Gasteiger partial charge in [0.15, 0.2) is 16.9 Å². The second-order valence-corrected chi connectivity index (χ2v) is 10.6. The van der Waals surface area contributed by atoms with Crippen molar-refractivity contribution in [3.05, 3.63) is 71.9 Å². The van der Waals surface area contributed by atoms with Crippen molar-refractivity contribution in [1.82, 2.24) is 29.4 Å². The largest absolute Gasteiger partial charge is 0.480 e. The average molecular weight is 574 g/mol. The predicted molar refractivity (Wildman–Crippen MR) is 136 cm³/mol. The Morgan fingerprint density at radius 3 is 2.74 bits per heavy atom. The highest BCUT2D eigenvalue weighted by atomic mass is 35.5. The molecular weight excluding hydrogens is 556 g/mol. The minimum Gasteiger partial charge on any atom is -0.480 e. The summed E-state index contributed by atoms with van der Waals surface area (Å²) in [5, 5.41) is 8.67. The molecule has 0 saturated carbocycles. The molecule has 4 aromatic heterocycles. The summed E-state index contributed by atoms with van der Waals surface area (Å²) in [6.45, 7) is 0.652. The van der Waals surface area contributed by atoms with Gasteiger partial charge in [-0.05, 0) is 24.3 Å². The molecule has 39 heavy (non-hydrogen) atoms. The molecule has 6 rings (SSSR count). The minimum absolute atomic E-state index is 0.0309. The van der Waals surface area contributed by atoms with Gasteiger partial charge in [0, 0.05) is 24.4 Å². The zero-order valence-electron chi connectivity index (χ0n) is 20.0. The standard InChI is InChI=1S/C24H18ClF2N7O4S/c1-37-24-19(8-14(25)9-28-24)39(35,36)32-16-4-3-15(26)21(22(16)27)13-2-5-18-23(29-12-33(18)11-13)17-10-30-34(31-17)20-6-7-38-20/h2-5,8-12,20,32H,6-7H2,1H3. The number of anilines is 1. The third kappa shape index (κ3) is 4.45. The van der Waals surface area contributed by atoms with Gasteiger partial charge in [-0.2, -0.15) is 9.90 Å². The number of methoxy groups -OCH3 is 1. The molecule has 1 atom stereocenters. The second-order valence-electron chi connectivity index (χ2n) is 8.52. The van der Waals surface area contributed by atoms with Crippen LogP contribution in [0.4, 0.5) is 14.5 Å². The molecule has 5 aromatic rings. The van der Waals surface area contributed by atoms with Gasteiger partial charge in [0.1, 0.15) is 23.5 Å². The Labute approximate surface area is 225 Å².